The average molecular weight is 246 g/mol. The molecule has 0 saturated carbocycles. The van der Waals surface area contributed by atoms with E-state index in [2.05, 4.69) is 5.32 Å². The van der Waals surface area contributed by atoms with Crippen LogP contribution in [0.15, 0.2) is 18.2 Å². The Balaban J connectivity index is 0.00000128. The van der Waals surface area contributed by atoms with E-state index in [1.807, 2.05) is 18.2 Å². The van der Waals surface area contributed by atoms with Gasteiger partial charge in [-0.1, -0.05) is 6.07 Å². The molecule has 2 rings (SSSR count). The highest BCUT2D eigenvalue weighted by Crippen LogP contribution is 2.32. The summed E-state index contributed by atoms with van der Waals surface area (Å²) >= 11 is 0. The maximum atomic E-state index is 9.08. The molecule has 0 fully saturated rings. The van der Waals surface area contributed by atoms with Crippen LogP contribution in [-0.4, -0.2) is 24.5 Å². The van der Waals surface area contributed by atoms with Gasteiger partial charge >= 0.3 is 0 Å². The summed E-state index contributed by atoms with van der Waals surface area (Å²) in [6.07, 6.45) is -0.320. The average Bonchev–Trinajstić information content (AvgIpc) is 2.64. The predicted molar refractivity (Wildman–Crippen MR) is 63.2 cm³/mol. The van der Waals surface area contributed by atoms with Crippen molar-refractivity contribution < 1.29 is 14.6 Å². The van der Waals surface area contributed by atoms with Gasteiger partial charge in [-0.2, -0.15) is 0 Å². The van der Waals surface area contributed by atoms with Crippen molar-refractivity contribution in [3.05, 3.63) is 23.8 Å². The van der Waals surface area contributed by atoms with Crippen molar-refractivity contribution in [1.29, 1.82) is 0 Å². The van der Waals surface area contributed by atoms with Crippen molar-refractivity contribution in [3.63, 3.8) is 0 Å². The van der Waals surface area contributed by atoms with Crippen LogP contribution in [0.25, 0.3) is 0 Å². The van der Waals surface area contributed by atoms with Crippen molar-refractivity contribution in [2.75, 3.05) is 13.3 Å². The number of ether oxygens (including phenoxy) is 2. The zero-order chi connectivity index (χ0) is 10.7. The Labute approximate surface area is 101 Å². The third-order valence-electron chi connectivity index (χ3n) is 2.21. The molecule has 1 aliphatic heterocycles. The zero-order valence-electron chi connectivity index (χ0n) is 9.10. The quantitative estimate of drug-likeness (QED) is 0.840. The molecule has 1 aromatic rings. The van der Waals surface area contributed by atoms with Crippen LogP contribution in [-0.2, 0) is 6.54 Å². The molecule has 1 atom stereocenters. The van der Waals surface area contributed by atoms with Gasteiger partial charge in [0.2, 0.25) is 6.79 Å². The van der Waals surface area contributed by atoms with Crippen LogP contribution >= 0.6 is 12.4 Å². The number of aliphatic hydroxyl groups is 1. The number of fused-ring (bicyclic) bond motifs is 1. The molecule has 0 spiro atoms. The smallest absolute Gasteiger partial charge is 0.231 e. The molecule has 5 heteroatoms. The molecule has 0 saturated heterocycles. The summed E-state index contributed by atoms with van der Waals surface area (Å²) in [7, 11) is 0. The van der Waals surface area contributed by atoms with Crippen molar-refractivity contribution in [2.45, 2.75) is 19.6 Å². The lowest BCUT2D eigenvalue weighted by atomic mass is 10.2. The van der Waals surface area contributed by atoms with E-state index in [0.717, 1.165) is 23.6 Å². The molecule has 0 bridgehead atoms. The molecule has 1 aliphatic rings. The second-order valence-corrected chi connectivity index (χ2v) is 3.67. The minimum Gasteiger partial charge on any atom is -0.454 e. The molecule has 0 radical (unpaired) electrons. The van der Waals surface area contributed by atoms with E-state index in [-0.39, 0.29) is 18.5 Å². The number of hydrogen-bond acceptors (Lipinski definition) is 4. The van der Waals surface area contributed by atoms with Crippen LogP contribution in [0.5, 0.6) is 11.5 Å². The second-order valence-electron chi connectivity index (χ2n) is 3.67. The number of aliphatic hydroxyl groups excluding tert-OH is 1. The summed E-state index contributed by atoms with van der Waals surface area (Å²) in [5.41, 5.74) is 1.12. The minimum absolute atomic E-state index is 0. The molecular formula is C11H16ClNO3. The summed E-state index contributed by atoms with van der Waals surface area (Å²) in [6.45, 7) is 3.38. The normalized spacial score (nSPS) is 14.4. The van der Waals surface area contributed by atoms with Crippen LogP contribution in [0.3, 0.4) is 0 Å². The fourth-order valence-corrected chi connectivity index (χ4v) is 1.48. The number of nitrogens with one attached hydrogen (secondary N) is 1. The highest BCUT2D eigenvalue weighted by molar-refractivity contribution is 5.85. The van der Waals surface area contributed by atoms with E-state index in [4.69, 9.17) is 14.6 Å². The number of rotatable bonds is 4. The first-order chi connectivity index (χ1) is 7.25. The minimum atomic E-state index is -0.320. The van der Waals surface area contributed by atoms with Gasteiger partial charge < -0.3 is 19.9 Å². The highest BCUT2D eigenvalue weighted by Gasteiger charge is 2.12. The van der Waals surface area contributed by atoms with E-state index in [0.29, 0.717) is 13.3 Å². The predicted octanol–water partition coefficient (Wildman–Crippen LogP) is 1.31. The van der Waals surface area contributed by atoms with Gasteiger partial charge in [0.05, 0.1) is 6.10 Å². The molecule has 0 amide bonds. The third kappa shape index (κ3) is 3.27. The fourth-order valence-electron chi connectivity index (χ4n) is 1.48. The van der Waals surface area contributed by atoms with E-state index < -0.39 is 0 Å². The largest absolute Gasteiger partial charge is 0.454 e. The fraction of sp³-hybridized carbons (Fsp3) is 0.455. The molecule has 4 nitrogen and oxygen atoms in total. The van der Waals surface area contributed by atoms with Crippen molar-refractivity contribution in [1.82, 2.24) is 5.32 Å². The molecule has 2 N–H and O–H groups in total. The standard InChI is InChI=1S/C11H15NO3.ClH/c1-8(13)5-12-6-9-2-3-10-11(4-9)15-7-14-10;/h2-4,8,12-13H,5-7H2,1H3;1H. The zero-order valence-corrected chi connectivity index (χ0v) is 9.92. The van der Waals surface area contributed by atoms with Crippen molar-refractivity contribution in [3.8, 4) is 11.5 Å². The Kier molecular flexibility index (Phi) is 4.86. The topological polar surface area (TPSA) is 50.7 Å². The maximum absolute atomic E-state index is 9.08. The van der Waals surface area contributed by atoms with Crippen LogP contribution in [0.4, 0.5) is 0 Å². The SMILES string of the molecule is CC(O)CNCc1ccc2c(c1)OCO2.Cl. The molecule has 0 aromatic heterocycles. The lowest BCUT2D eigenvalue weighted by molar-refractivity contribution is 0.174. The first kappa shape index (κ1) is 13.1. The Morgan fingerprint density at radius 2 is 2.12 bits per heavy atom. The van der Waals surface area contributed by atoms with Gasteiger partial charge in [-0.05, 0) is 24.6 Å². The van der Waals surface area contributed by atoms with Crippen LogP contribution in [0.2, 0.25) is 0 Å². The summed E-state index contributed by atoms with van der Waals surface area (Å²) in [5.74, 6) is 1.60. The van der Waals surface area contributed by atoms with Gasteiger partial charge in [-0.15, -0.1) is 12.4 Å². The number of halogens is 1. The third-order valence-corrected chi connectivity index (χ3v) is 2.21. The van der Waals surface area contributed by atoms with Gasteiger partial charge in [0.25, 0.3) is 0 Å². The lowest BCUT2D eigenvalue weighted by Crippen LogP contribution is -2.23. The monoisotopic (exact) mass is 245 g/mol. The Morgan fingerprint density at radius 3 is 2.88 bits per heavy atom. The van der Waals surface area contributed by atoms with Gasteiger partial charge in [0, 0.05) is 13.1 Å². The van der Waals surface area contributed by atoms with E-state index >= 15 is 0 Å². The maximum Gasteiger partial charge on any atom is 0.231 e. The summed E-state index contributed by atoms with van der Waals surface area (Å²) in [5, 5.41) is 12.2. The molecule has 1 aromatic carbocycles. The second kappa shape index (κ2) is 5.94. The van der Waals surface area contributed by atoms with Crippen LogP contribution < -0.4 is 14.8 Å². The number of benzene rings is 1. The number of hydrogen-bond donors (Lipinski definition) is 2. The molecular weight excluding hydrogens is 230 g/mol. The van der Waals surface area contributed by atoms with Gasteiger partial charge in [0.15, 0.2) is 11.5 Å². The lowest BCUT2D eigenvalue weighted by Gasteiger charge is -2.07. The van der Waals surface area contributed by atoms with Crippen LogP contribution in [0.1, 0.15) is 12.5 Å². The Hall–Kier alpha value is -0.970. The Bertz CT molecular complexity index is 344. The van der Waals surface area contributed by atoms with Crippen molar-refractivity contribution >= 4 is 12.4 Å². The molecule has 0 aliphatic carbocycles. The summed E-state index contributed by atoms with van der Waals surface area (Å²) in [6, 6.07) is 5.85. The summed E-state index contributed by atoms with van der Waals surface area (Å²) < 4.78 is 10.5. The molecule has 90 valence electrons. The Morgan fingerprint density at radius 1 is 1.38 bits per heavy atom. The molecule has 16 heavy (non-hydrogen) atoms. The van der Waals surface area contributed by atoms with E-state index in [1.165, 1.54) is 0 Å². The van der Waals surface area contributed by atoms with Crippen LogP contribution in [0, 0.1) is 0 Å². The van der Waals surface area contributed by atoms with Crippen molar-refractivity contribution in [2.24, 2.45) is 0 Å². The molecule has 1 unspecified atom stereocenters. The van der Waals surface area contributed by atoms with Gasteiger partial charge in [0.1, 0.15) is 0 Å². The highest BCUT2D eigenvalue weighted by atomic mass is 35.5. The van der Waals surface area contributed by atoms with Gasteiger partial charge in [-0.25, -0.2) is 0 Å². The van der Waals surface area contributed by atoms with Gasteiger partial charge in [-0.3, -0.25) is 0 Å². The molecule has 1 heterocycles. The summed E-state index contributed by atoms with van der Waals surface area (Å²) in [4.78, 5) is 0. The van der Waals surface area contributed by atoms with E-state index in [9.17, 15) is 0 Å². The first-order valence-corrected chi connectivity index (χ1v) is 5.03. The van der Waals surface area contributed by atoms with E-state index in [1.54, 1.807) is 6.92 Å². The first-order valence-electron chi connectivity index (χ1n) is 5.03.